The monoisotopic (exact) mass is 1130 g/mol. The molecule has 0 amide bonds. The van der Waals surface area contributed by atoms with Crippen molar-refractivity contribution in [1.29, 1.82) is 0 Å². The molecule has 0 atom stereocenters. The van der Waals surface area contributed by atoms with E-state index in [0.29, 0.717) is 11.5 Å². The quantitative estimate of drug-likeness (QED) is 0.0905. The van der Waals surface area contributed by atoms with Crippen molar-refractivity contribution in [3.8, 4) is 101 Å². The van der Waals surface area contributed by atoms with Gasteiger partial charge in [-0.05, 0) is 177 Å². The zero-order chi connectivity index (χ0) is 58.8. The standard InChI is InChI=1S/C80H57N7O/c1-53-22-19-39-74-76(53)82-80-86(74)73-41-40-68(51-75(73)87(80)79-81-42-43-83(79)77-54(2)23-18-24-55(77)3)88-67-34-20-33-66(50-67)84-52-85(72-38-17-16-37-71(72)84)78-69(64-46-60(56-25-8-4-9-26-56)44-61(47-64)57-27-10-5-11-28-57)35-21-36-70(78)65-48-62(58-29-12-6-13-30-58)45-63(49-65)59-31-14-7-15-32-59/h4-51H,1-3H3. The summed E-state index contributed by atoms with van der Waals surface area (Å²) in [5, 5.41) is 0. The fourth-order valence-electron chi connectivity index (χ4n) is 12.9. The molecule has 0 radical (unpaired) electrons. The third kappa shape index (κ3) is 9.05. The predicted molar refractivity (Wildman–Crippen MR) is 357 cm³/mol. The van der Waals surface area contributed by atoms with Crippen LogP contribution >= 0.6 is 0 Å². The number of ether oxygens (including phenoxy) is 1. The molecule has 418 valence electrons. The summed E-state index contributed by atoms with van der Waals surface area (Å²) in [5.74, 6) is 2.85. The van der Waals surface area contributed by atoms with Crippen LogP contribution in [0.5, 0.6) is 11.5 Å². The molecular weight excluding hydrogens is 1070 g/mol. The van der Waals surface area contributed by atoms with Gasteiger partial charge in [0.25, 0.3) is 6.33 Å². The molecule has 16 rings (SSSR count). The van der Waals surface area contributed by atoms with E-state index in [-0.39, 0.29) is 0 Å². The third-order valence-corrected chi connectivity index (χ3v) is 17.1. The molecule has 0 aliphatic rings. The summed E-state index contributed by atoms with van der Waals surface area (Å²) in [6.45, 7) is 6.41. The lowest BCUT2D eigenvalue weighted by atomic mass is 9.89. The molecule has 0 unspecified atom stereocenters. The molecule has 0 saturated heterocycles. The van der Waals surface area contributed by atoms with Gasteiger partial charge < -0.3 is 4.74 Å². The number of fused-ring (bicyclic) bond motifs is 6. The minimum atomic E-state index is 0.674. The molecule has 12 aromatic carbocycles. The van der Waals surface area contributed by atoms with Gasteiger partial charge in [0.05, 0.1) is 50.2 Å². The van der Waals surface area contributed by atoms with Crippen LogP contribution in [0.3, 0.4) is 0 Å². The first kappa shape index (κ1) is 52.0. The van der Waals surface area contributed by atoms with Gasteiger partial charge in [-0.2, -0.15) is 0 Å². The van der Waals surface area contributed by atoms with Crippen molar-refractivity contribution in [1.82, 2.24) is 28.1 Å². The second-order valence-corrected chi connectivity index (χ2v) is 22.6. The molecule has 4 heterocycles. The van der Waals surface area contributed by atoms with Crippen LogP contribution in [0.1, 0.15) is 16.7 Å². The zero-order valence-corrected chi connectivity index (χ0v) is 48.8. The van der Waals surface area contributed by atoms with Crippen molar-refractivity contribution in [2.75, 3.05) is 0 Å². The summed E-state index contributed by atoms with van der Waals surface area (Å²) in [6, 6.07) is 99.5. The van der Waals surface area contributed by atoms with Gasteiger partial charge in [0, 0.05) is 18.5 Å². The molecule has 0 aliphatic carbocycles. The third-order valence-electron chi connectivity index (χ3n) is 17.1. The zero-order valence-electron chi connectivity index (χ0n) is 48.8. The molecule has 0 N–H and O–H groups in total. The van der Waals surface area contributed by atoms with Crippen molar-refractivity contribution in [2.45, 2.75) is 20.8 Å². The Balaban J connectivity index is 0.872. The molecule has 0 aliphatic heterocycles. The molecule has 0 bridgehead atoms. The molecule has 0 saturated carbocycles. The van der Waals surface area contributed by atoms with Gasteiger partial charge in [-0.1, -0.05) is 200 Å². The Labute approximate surface area is 510 Å². The Morgan fingerprint density at radius 3 is 1.50 bits per heavy atom. The normalized spacial score (nSPS) is 11.6. The number of rotatable bonds is 12. The summed E-state index contributed by atoms with van der Waals surface area (Å²) in [4.78, 5) is 10.4. The van der Waals surface area contributed by atoms with Gasteiger partial charge in [0.1, 0.15) is 11.5 Å². The Bertz CT molecular complexity index is 5050. The summed E-state index contributed by atoms with van der Waals surface area (Å²) in [5.41, 5.74) is 25.7. The number of aryl methyl sites for hydroxylation is 3. The van der Waals surface area contributed by atoms with Crippen LogP contribution in [0.25, 0.3) is 129 Å². The number of hydrogen-bond donors (Lipinski definition) is 0. The van der Waals surface area contributed by atoms with Crippen LogP contribution in [0.15, 0.2) is 291 Å². The molecule has 8 nitrogen and oxygen atoms in total. The van der Waals surface area contributed by atoms with Crippen molar-refractivity contribution >= 4 is 38.9 Å². The van der Waals surface area contributed by atoms with E-state index < -0.39 is 0 Å². The highest BCUT2D eigenvalue weighted by Crippen LogP contribution is 2.42. The summed E-state index contributed by atoms with van der Waals surface area (Å²) < 4.78 is 18.0. The van der Waals surface area contributed by atoms with Crippen LogP contribution in [-0.2, 0) is 0 Å². The Hall–Kier alpha value is -11.6. The Kier molecular flexibility index (Phi) is 12.7. The van der Waals surface area contributed by atoms with Crippen LogP contribution < -0.4 is 9.30 Å². The van der Waals surface area contributed by atoms with Gasteiger partial charge in [-0.25, -0.2) is 14.5 Å². The highest BCUT2D eigenvalue weighted by atomic mass is 16.5. The average Bonchev–Trinajstić information content (AvgIpc) is 1.71. The van der Waals surface area contributed by atoms with E-state index in [1.807, 2.05) is 24.5 Å². The number of hydrogen-bond acceptors (Lipinski definition) is 3. The van der Waals surface area contributed by atoms with Crippen molar-refractivity contribution in [3.05, 3.63) is 314 Å². The average molecular weight is 1130 g/mol. The summed E-state index contributed by atoms with van der Waals surface area (Å²) in [6.07, 6.45) is 7.88. The largest absolute Gasteiger partial charge is 0.458 e. The SMILES string of the molecule is Cc1cccc(C)c1-n1ccnc1-n1c2cc(Oc3cccc(-n4[c-][n+](-c5c(-c6cc(-c7ccccc7)cc(-c7ccccc7)c6)cccc5-c5cc(-c6ccccc6)cc(-c6ccccc6)c5)c5ccccc54)c3)ccc2n2c3cccc(C)c3nc12. The van der Waals surface area contributed by atoms with E-state index in [1.54, 1.807) is 0 Å². The van der Waals surface area contributed by atoms with E-state index >= 15 is 0 Å². The number of nitrogens with zero attached hydrogens (tertiary/aromatic N) is 7. The maximum absolute atomic E-state index is 7.00. The van der Waals surface area contributed by atoms with E-state index in [4.69, 9.17) is 14.7 Å². The molecule has 0 spiro atoms. The second-order valence-electron chi connectivity index (χ2n) is 22.6. The second kappa shape index (κ2) is 21.5. The van der Waals surface area contributed by atoms with Crippen molar-refractivity contribution < 1.29 is 9.30 Å². The molecule has 88 heavy (non-hydrogen) atoms. The maximum atomic E-state index is 7.00. The fourth-order valence-corrected chi connectivity index (χ4v) is 12.9. The highest BCUT2D eigenvalue weighted by Gasteiger charge is 2.25. The van der Waals surface area contributed by atoms with Crippen LogP contribution in [-0.4, -0.2) is 28.1 Å². The van der Waals surface area contributed by atoms with Crippen LogP contribution in [0.4, 0.5) is 0 Å². The molecule has 8 heteroatoms. The molecular formula is C80H57N7O. The molecule has 16 aromatic rings. The minimum Gasteiger partial charge on any atom is -0.458 e. The summed E-state index contributed by atoms with van der Waals surface area (Å²) >= 11 is 0. The molecule has 4 aromatic heterocycles. The Morgan fingerprint density at radius 2 is 0.898 bits per heavy atom. The number of benzene rings is 12. The first-order chi connectivity index (χ1) is 43.4. The number of imidazole rings is 4. The lowest BCUT2D eigenvalue weighted by Crippen LogP contribution is -2.31. The first-order valence-electron chi connectivity index (χ1n) is 29.8. The highest BCUT2D eigenvalue weighted by molar-refractivity contribution is 5.95. The van der Waals surface area contributed by atoms with E-state index in [1.165, 1.54) is 0 Å². The van der Waals surface area contributed by atoms with Crippen molar-refractivity contribution in [2.24, 2.45) is 0 Å². The van der Waals surface area contributed by atoms with Gasteiger partial charge >= 0.3 is 0 Å². The predicted octanol–water partition coefficient (Wildman–Crippen LogP) is 19.4. The van der Waals surface area contributed by atoms with Crippen LogP contribution in [0, 0.1) is 27.1 Å². The fraction of sp³-hybridized carbons (Fsp3) is 0.0375. The number of aromatic nitrogens is 7. The van der Waals surface area contributed by atoms with E-state index in [9.17, 15) is 0 Å². The smallest absolute Gasteiger partial charge is 0.269 e. The lowest BCUT2D eigenvalue weighted by molar-refractivity contribution is -0.571. The van der Waals surface area contributed by atoms with Gasteiger partial charge in [0.2, 0.25) is 11.7 Å². The number of para-hydroxylation sites is 5. The van der Waals surface area contributed by atoms with Crippen LogP contribution in [0.2, 0.25) is 0 Å². The first-order valence-corrected chi connectivity index (χ1v) is 29.8. The lowest BCUT2D eigenvalue weighted by Gasteiger charge is -2.20. The van der Waals surface area contributed by atoms with Gasteiger partial charge in [-0.15, -0.1) is 0 Å². The minimum absolute atomic E-state index is 0.674. The Morgan fingerprint density at radius 1 is 0.398 bits per heavy atom. The molecule has 0 fully saturated rings. The van der Waals surface area contributed by atoms with E-state index in [0.717, 1.165) is 145 Å². The van der Waals surface area contributed by atoms with Gasteiger partial charge in [-0.3, -0.25) is 18.1 Å². The summed E-state index contributed by atoms with van der Waals surface area (Å²) in [7, 11) is 0. The van der Waals surface area contributed by atoms with E-state index in [2.05, 4.69) is 317 Å². The maximum Gasteiger partial charge on any atom is 0.269 e. The topological polar surface area (TPSA) is 58.1 Å². The van der Waals surface area contributed by atoms with Gasteiger partial charge in [0.15, 0.2) is 0 Å². The van der Waals surface area contributed by atoms with Crippen molar-refractivity contribution in [3.63, 3.8) is 0 Å².